The van der Waals surface area contributed by atoms with Crippen molar-refractivity contribution >= 4 is 35.5 Å². The Morgan fingerprint density at radius 2 is 1.63 bits per heavy atom. The van der Waals surface area contributed by atoms with E-state index in [2.05, 4.69) is 40.5 Å². The van der Waals surface area contributed by atoms with Gasteiger partial charge in [-0.1, -0.05) is 31.5 Å². The Bertz CT molecular complexity index is 914. The Morgan fingerprint density at radius 1 is 0.889 bits per heavy atom. The normalized spacial score (nSPS) is 10.2. The quantitative estimate of drug-likeness (QED) is 0.537. The zero-order valence-electron chi connectivity index (χ0n) is 15.7. The van der Waals surface area contributed by atoms with Gasteiger partial charge in [-0.25, -0.2) is 9.37 Å². The average Bonchev–Trinajstić information content (AvgIpc) is 2.60. The molecule has 6 heteroatoms. The van der Waals surface area contributed by atoms with Crippen molar-refractivity contribution in [3.05, 3.63) is 71.2 Å². The van der Waals surface area contributed by atoms with Crippen LogP contribution in [-0.4, -0.2) is 9.97 Å². The Kier molecular flexibility index (Phi) is 7.13. The summed E-state index contributed by atoms with van der Waals surface area (Å²) >= 11 is 0. The van der Waals surface area contributed by atoms with Gasteiger partial charge in [0, 0.05) is 23.1 Å². The molecule has 0 saturated heterocycles. The van der Waals surface area contributed by atoms with E-state index in [1.807, 2.05) is 31.2 Å². The maximum Gasteiger partial charge on any atom is 0.229 e. The topological polar surface area (TPSA) is 49.8 Å². The van der Waals surface area contributed by atoms with E-state index in [1.165, 1.54) is 12.1 Å². The van der Waals surface area contributed by atoms with E-state index < -0.39 is 0 Å². The summed E-state index contributed by atoms with van der Waals surface area (Å²) in [6.07, 6.45) is 1.86. The molecule has 0 aliphatic carbocycles. The number of hydrogen-bond acceptors (Lipinski definition) is 4. The van der Waals surface area contributed by atoms with Crippen molar-refractivity contribution < 1.29 is 4.39 Å². The molecule has 1 aromatic heterocycles. The maximum atomic E-state index is 13.3. The van der Waals surface area contributed by atoms with Crippen LogP contribution < -0.4 is 10.6 Å². The predicted octanol–water partition coefficient (Wildman–Crippen LogP) is 6.09. The summed E-state index contributed by atoms with van der Waals surface area (Å²) in [6, 6.07) is 14.7. The lowest BCUT2D eigenvalue weighted by Gasteiger charge is -2.13. The van der Waals surface area contributed by atoms with Crippen molar-refractivity contribution in [1.82, 2.24) is 9.97 Å². The fourth-order valence-electron chi connectivity index (χ4n) is 2.74. The minimum atomic E-state index is -0.254. The first-order valence-corrected chi connectivity index (χ1v) is 8.79. The lowest BCUT2D eigenvalue weighted by molar-refractivity contribution is 0.627. The first-order chi connectivity index (χ1) is 12.5. The first-order valence-electron chi connectivity index (χ1n) is 8.79. The molecule has 0 aliphatic heterocycles. The van der Waals surface area contributed by atoms with E-state index in [9.17, 15) is 4.39 Å². The summed E-state index contributed by atoms with van der Waals surface area (Å²) < 4.78 is 13.3. The fraction of sp³-hybridized carbons (Fsp3) is 0.238. The number of nitrogens with one attached hydrogen (secondary N) is 2. The van der Waals surface area contributed by atoms with Crippen molar-refractivity contribution in [3.8, 4) is 0 Å². The van der Waals surface area contributed by atoms with Gasteiger partial charge in [-0.2, -0.15) is 4.98 Å². The fourth-order valence-corrected chi connectivity index (χ4v) is 2.74. The minimum absolute atomic E-state index is 0. The second kappa shape index (κ2) is 9.33. The van der Waals surface area contributed by atoms with Crippen LogP contribution in [0.2, 0.25) is 0 Å². The Labute approximate surface area is 165 Å². The highest BCUT2D eigenvalue weighted by molar-refractivity contribution is 5.85. The van der Waals surface area contributed by atoms with Gasteiger partial charge in [0.2, 0.25) is 5.95 Å². The number of benzene rings is 2. The summed E-state index contributed by atoms with van der Waals surface area (Å²) in [5.74, 6) is 0.984. The smallest absolute Gasteiger partial charge is 0.229 e. The van der Waals surface area contributed by atoms with Crippen LogP contribution in [0.3, 0.4) is 0 Å². The van der Waals surface area contributed by atoms with Crippen LogP contribution in [-0.2, 0) is 6.42 Å². The summed E-state index contributed by atoms with van der Waals surface area (Å²) in [5.41, 5.74) is 4.72. The lowest BCUT2D eigenvalue weighted by Crippen LogP contribution is -2.05. The number of para-hydroxylation sites is 1. The molecule has 4 nitrogen and oxygen atoms in total. The molecule has 0 amide bonds. The van der Waals surface area contributed by atoms with E-state index in [0.29, 0.717) is 5.95 Å². The number of aromatic nitrogens is 2. The van der Waals surface area contributed by atoms with Crippen LogP contribution in [0.1, 0.15) is 30.2 Å². The largest absolute Gasteiger partial charge is 0.340 e. The van der Waals surface area contributed by atoms with Gasteiger partial charge in [-0.05, 0) is 55.7 Å². The molecular weight excluding hydrogens is 363 g/mol. The first kappa shape index (κ1) is 20.6. The van der Waals surface area contributed by atoms with Crippen molar-refractivity contribution in [3.63, 3.8) is 0 Å². The van der Waals surface area contributed by atoms with Crippen LogP contribution in [0.4, 0.5) is 27.5 Å². The zero-order chi connectivity index (χ0) is 18.5. The summed E-state index contributed by atoms with van der Waals surface area (Å²) in [6.45, 7) is 6.03. The Balaban J connectivity index is 0.00000261. The maximum absolute atomic E-state index is 13.3. The van der Waals surface area contributed by atoms with E-state index in [1.54, 1.807) is 6.07 Å². The third kappa shape index (κ3) is 5.41. The highest BCUT2D eigenvalue weighted by atomic mass is 35.5. The van der Waals surface area contributed by atoms with Gasteiger partial charge in [-0.15, -0.1) is 12.4 Å². The standard InChI is InChI=1S/C21H23FN4.ClH/c1-4-7-17-13-20(24-18-9-6-5-8-14(18)2)26-21(23-17)25-19-11-10-16(22)12-15(19)3;/h5-6,8-13H,4,7H2,1-3H3,(H2,23,24,25,26);1H. The predicted molar refractivity (Wildman–Crippen MR) is 112 cm³/mol. The molecule has 2 N–H and O–H groups in total. The molecule has 0 fully saturated rings. The summed E-state index contributed by atoms with van der Waals surface area (Å²) in [7, 11) is 0. The second-order valence-electron chi connectivity index (χ2n) is 6.34. The highest BCUT2D eigenvalue weighted by Crippen LogP contribution is 2.23. The highest BCUT2D eigenvalue weighted by Gasteiger charge is 2.08. The van der Waals surface area contributed by atoms with Gasteiger partial charge in [0.1, 0.15) is 11.6 Å². The van der Waals surface area contributed by atoms with Gasteiger partial charge in [0.05, 0.1) is 0 Å². The molecule has 27 heavy (non-hydrogen) atoms. The molecule has 3 rings (SSSR count). The number of halogens is 2. The molecule has 0 radical (unpaired) electrons. The minimum Gasteiger partial charge on any atom is -0.340 e. The Hall–Kier alpha value is -2.66. The van der Waals surface area contributed by atoms with Crippen molar-refractivity contribution in [2.75, 3.05) is 10.6 Å². The van der Waals surface area contributed by atoms with Gasteiger partial charge in [-0.3, -0.25) is 0 Å². The van der Waals surface area contributed by atoms with Crippen molar-refractivity contribution in [2.24, 2.45) is 0 Å². The number of aryl methyl sites for hydroxylation is 3. The monoisotopic (exact) mass is 386 g/mol. The van der Waals surface area contributed by atoms with Gasteiger partial charge >= 0.3 is 0 Å². The molecule has 142 valence electrons. The van der Waals surface area contributed by atoms with Crippen LogP contribution in [0.25, 0.3) is 0 Å². The van der Waals surface area contributed by atoms with Crippen LogP contribution in [0, 0.1) is 19.7 Å². The molecule has 0 saturated carbocycles. The number of hydrogen-bond donors (Lipinski definition) is 2. The van der Waals surface area contributed by atoms with Crippen molar-refractivity contribution in [2.45, 2.75) is 33.6 Å². The SMILES string of the molecule is CCCc1cc(Nc2ccccc2C)nc(Nc2ccc(F)cc2C)n1.Cl. The second-order valence-corrected chi connectivity index (χ2v) is 6.34. The van der Waals surface area contributed by atoms with Crippen LogP contribution in [0.5, 0.6) is 0 Å². The zero-order valence-corrected chi connectivity index (χ0v) is 16.5. The van der Waals surface area contributed by atoms with Gasteiger partial charge < -0.3 is 10.6 Å². The summed E-state index contributed by atoms with van der Waals surface area (Å²) in [4.78, 5) is 9.17. The third-order valence-corrected chi connectivity index (χ3v) is 4.13. The molecule has 3 aromatic rings. The molecule has 0 aliphatic rings. The van der Waals surface area contributed by atoms with Gasteiger partial charge in [0.15, 0.2) is 0 Å². The molecule has 0 atom stereocenters. The molecule has 0 bridgehead atoms. The lowest BCUT2D eigenvalue weighted by atomic mass is 10.2. The van der Waals surface area contributed by atoms with Crippen molar-refractivity contribution in [1.29, 1.82) is 0 Å². The van der Waals surface area contributed by atoms with Gasteiger partial charge in [0.25, 0.3) is 0 Å². The third-order valence-electron chi connectivity index (χ3n) is 4.13. The molecule has 1 heterocycles. The number of anilines is 4. The Morgan fingerprint density at radius 3 is 2.33 bits per heavy atom. The molecule has 0 spiro atoms. The van der Waals surface area contributed by atoms with E-state index >= 15 is 0 Å². The van der Waals surface area contributed by atoms with Crippen LogP contribution >= 0.6 is 12.4 Å². The van der Waals surface area contributed by atoms with E-state index in [0.717, 1.165) is 46.9 Å². The van der Waals surface area contributed by atoms with Crippen LogP contribution in [0.15, 0.2) is 48.5 Å². The van der Waals surface area contributed by atoms with E-state index in [-0.39, 0.29) is 18.2 Å². The number of rotatable bonds is 6. The molecular formula is C21H24ClFN4. The number of nitrogens with zero attached hydrogens (tertiary/aromatic N) is 2. The molecule has 2 aromatic carbocycles. The average molecular weight is 387 g/mol. The van der Waals surface area contributed by atoms with E-state index in [4.69, 9.17) is 0 Å². The molecule has 0 unspecified atom stereocenters. The summed E-state index contributed by atoms with van der Waals surface area (Å²) in [5, 5.41) is 6.58.